The molecule has 0 bridgehead atoms. The molecule has 0 atom stereocenters. The van der Waals surface area contributed by atoms with Crippen molar-refractivity contribution >= 4 is 34.1 Å². The van der Waals surface area contributed by atoms with Crippen LogP contribution in [0.15, 0.2) is 71.7 Å². The van der Waals surface area contributed by atoms with Gasteiger partial charge in [-0.05, 0) is 35.7 Å². The van der Waals surface area contributed by atoms with Gasteiger partial charge in [0.2, 0.25) is 5.96 Å². The summed E-state index contributed by atoms with van der Waals surface area (Å²) in [6.07, 6.45) is 0. The minimum absolute atomic E-state index is 0.314. The molecule has 0 aromatic heterocycles. The van der Waals surface area contributed by atoms with Crippen LogP contribution in [0.2, 0.25) is 0 Å². The van der Waals surface area contributed by atoms with E-state index >= 15 is 0 Å². The Kier molecular flexibility index (Phi) is 4.61. The smallest absolute Gasteiger partial charge is 0.326 e. The number of carbonyl (C=O) groups excluding carboxylic acids is 1. The SMILES string of the molecule is COc1ccc(N2CCN=C2NC(=O)Nc2cccc3ccccc23)cc1. The Hall–Kier alpha value is -3.54. The lowest BCUT2D eigenvalue weighted by molar-refractivity contribution is 0.256. The summed E-state index contributed by atoms with van der Waals surface area (Å²) in [5.74, 6) is 1.33. The average molecular weight is 360 g/mol. The Morgan fingerprint density at radius 3 is 2.59 bits per heavy atom. The molecule has 6 nitrogen and oxygen atoms in total. The highest BCUT2D eigenvalue weighted by molar-refractivity contribution is 6.11. The molecule has 0 saturated carbocycles. The fourth-order valence-corrected chi connectivity index (χ4v) is 3.16. The number of guanidine groups is 1. The summed E-state index contributed by atoms with van der Waals surface area (Å²) in [7, 11) is 1.64. The van der Waals surface area contributed by atoms with Gasteiger partial charge in [0.25, 0.3) is 0 Å². The second-order valence-corrected chi connectivity index (χ2v) is 6.16. The Labute approximate surface area is 157 Å². The van der Waals surface area contributed by atoms with Gasteiger partial charge in [0.1, 0.15) is 5.75 Å². The van der Waals surface area contributed by atoms with E-state index in [4.69, 9.17) is 4.74 Å². The van der Waals surface area contributed by atoms with Crippen LogP contribution in [0, 0.1) is 0 Å². The lowest BCUT2D eigenvalue weighted by atomic mass is 10.1. The highest BCUT2D eigenvalue weighted by Gasteiger charge is 2.21. The summed E-state index contributed by atoms with van der Waals surface area (Å²) < 4.78 is 5.20. The van der Waals surface area contributed by atoms with Gasteiger partial charge < -0.3 is 15.0 Å². The molecule has 0 spiro atoms. The van der Waals surface area contributed by atoms with Crippen LogP contribution in [0.25, 0.3) is 10.8 Å². The first kappa shape index (κ1) is 16.9. The number of fused-ring (bicyclic) bond motifs is 1. The minimum Gasteiger partial charge on any atom is -0.497 e. The van der Waals surface area contributed by atoms with Crippen molar-refractivity contribution in [3.63, 3.8) is 0 Å². The van der Waals surface area contributed by atoms with Crippen LogP contribution in [-0.4, -0.2) is 32.2 Å². The summed E-state index contributed by atoms with van der Waals surface area (Å²) in [4.78, 5) is 18.9. The largest absolute Gasteiger partial charge is 0.497 e. The Morgan fingerprint density at radius 1 is 1.00 bits per heavy atom. The zero-order valence-corrected chi connectivity index (χ0v) is 15.0. The molecule has 0 unspecified atom stereocenters. The third-order valence-electron chi connectivity index (χ3n) is 4.49. The van der Waals surface area contributed by atoms with Gasteiger partial charge in [-0.15, -0.1) is 0 Å². The number of ether oxygens (including phenoxy) is 1. The number of aliphatic imine (C=N–C) groups is 1. The zero-order valence-electron chi connectivity index (χ0n) is 15.0. The molecule has 1 heterocycles. The molecule has 0 saturated heterocycles. The number of hydrogen-bond acceptors (Lipinski definition) is 4. The molecular formula is C21H20N4O2. The number of amides is 2. The monoisotopic (exact) mass is 360 g/mol. The highest BCUT2D eigenvalue weighted by atomic mass is 16.5. The third-order valence-corrected chi connectivity index (χ3v) is 4.49. The standard InChI is InChI=1S/C21H20N4O2/c1-27-17-11-9-16(10-12-17)25-14-13-22-20(25)24-21(26)23-19-8-4-6-15-5-2-3-7-18(15)19/h2-12H,13-14H2,1H3,(H2,22,23,24,26). The minimum atomic E-state index is -0.314. The summed E-state index contributed by atoms with van der Waals surface area (Å²) in [6.45, 7) is 1.35. The van der Waals surface area contributed by atoms with Crippen LogP contribution in [0.5, 0.6) is 5.75 Å². The van der Waals surface area contributed by atoms with Crippen molar-refractivity contribution in [2.75, 3.05) is 30.4 Å². The van der Waals surface area contributed by atoms with Crippen LogP contribution in [0.3, 0.4) is 0 Å². The van der Waals surface area contributed by atoms with E-state index < -0.39 is 0 Å². The number of nitrogens with zero attached hydrogens (tertiary/aromatic N) is 2. The number of methoxy groups -OCH3 is 1. The molecule has 3 aromatic rings. The Morgan fingerprint density at radius 2 is 1.78 bits per heavy atom. The third kappa shape index (κ3) is 3.55. The van der Waals surface area contributed by atoms with Crippen molar-refractivity contribution in [1.29, 1.82) is 0 Å². The Balaban J connectivity index is 1.48. The van der Waals surface area contributed by atoms with E-state index in [1.165, 1.54) is 0 Å². The van der Waals surface area contributed by atoms with Gasteiger partial charge >= 0.3 is 6.03 Å². The van der Waals surface area contributed by atoms with Crippen molar-refractivity contribution < 1.29 is 9.53 Å². The zero-order chi connectivity index (χ0) is 18.6. The van der Waals surface area contributed by atoms with E-state index in [1.807, 2.05) is 71.6 Å². The molecule has 0 fully saturated rings. The molecule has 1 aliphatic heterocycles. The fourth-order valence-electron chi connectivity index (χ4n) is 3.16. The maximum absolute atomic E-state index is 12.5. The van der Waals surface area contributed by atoms with Gasteiger partial charge in [0.15, 0.2) is 0 Å². The molecule has 136 valence electrons. The summed E-state index contributed by atoms with van der Waals surface area (Å²) in [5.41, 5.74) is 1.72. The van der Waals surface area contributed by atoms with E-state index in [1.54, 1.807) is 7.11 Å². The predicted octanol–water partition coefficient (Wildman–Crippen LogP) is 3.85. The van der Waals surface area contributed by atoms with E-state index in [-0.39, 0.29) is 6.03 Å². The van der Waals surface area contributed by atoms with Crippen LogP contribution in [0.4, 0.5) is 16.2 Å². The number of benzene rings is 3. The van der Waals surface area contributed by atoms with Crippen molar-refractivity contribution in [3.8, 4) is 5.75 Å². The van der Waals surface area contributed by atoms with Gasteiger partial charge in [-0.1, -0.05) is 36.4 Å². The first-order valence-corrected chi connectivity index (χ1v) is 8.76. The normalized spacial score (nSPS) is 13.4. The quantitative estimate of drug-likeness (QED) is 0.746. The van der Waals surface area contributed by atoms with Crippen molar-refractivity contribution in [2.45, 2.75) is 0 Å². The van der Waals surface area contributed by atoms with Crippen molar-refractivity contribution in [2.24, 2.45) is 4.99 Å². The van der Waals surface area contributed by atoms with Gasteiger partial charge in [0, 0.05) is 17.6 Å². The lowest BCUT2D eigenvalue weighted by Crippen LogP contribution is -2.43. The van der Waals surface area contributed by atoms with Crippen LogP contribution >= 0.6 is 0 Å². The molecule has 0 radical (unpaired) electrons. The van der Waals surface area contributed by atoms with Crippen LogP contribution < -0.4 is 20.3 Å². The lowest BCUT2D eigenvalue weighted by Gasteiger charge is -2.21. The van der Waals surface area contributed by atoms with Crippen molar-refractivity contribution in [3.05, 3.63) is 66.7 Å². The topological polar surface area (TPSA) is 66.0 Å². The number of carbonyl (C=O) groups is 1. The molecule has 2 N–H and O–H groups in total. The number of hydrogen-bond donors (Lipinski definition) is 2. The number of urea groups is 1. The molecule has 6 heteroatoms. The molecule has 1 aliphatic rings. The van der Waals surface area contributed by atoms with Gasteiger partial charge in [-0.25, -0.2) is 4.79 Å². The summed E-state index contributed by atoms with van der Waals surface area (Å²) in [6, 6.07) is 21.1. The highest BCUT2D eigenvalue weighted by Crippen LogP contribution is 2.23. The van der Waals surface area contributed by atoms with E-state index in [9.17, 15) is 4.79 Å². The maximum Gasteiger partial charge on any atom is 0.326 e. The predicted molar refractivity (Wildman–Crippen MR) is 109 cm³/mol. The fraction of sp³-hybridized carbons (Fsp3) is 0.143. The van der Waals surface area contributed by atoms with Crippen LogP contribution in [0.1, 0.15) is 0 Å². The van der Waals surface area contributed by atoms with E-state index in [0.717, 1.165) is 34.4 Å². The van der Waals surface area contributed by atoms with E-state index in [0.29, 0.717) is 12.5 Å². The average Bonchev–Trinajstić information content (AvgIpc) is 3.16. The molecule has 0 aliphatic carbocycles. The first-order valence-electron chi connectivity index (χ1n) is 8.76. The van der Waals surface area contributed by atoms with E-state index in [2.05, 4.69) is 15.6 Å². The summed E-state index contributed by atoms with van der Waals surface area (Å²) in [5, 5.41) is 7.86. The van der Waals surface area contributed by atoms with Crippen LogP contribution in [-0.2, 0) is 0 Å². The van der Waals surface area contributed by atoms with Gasteiger partial charge in [-0.3, -0.25) is 10.3 Å². The number of rotatable bonds is 3. The Bertz CT molecular complexity index is 993. The molecule has 4 rings (SSSR count). The van der Waals surface area contributed by atoms with Crippen molar-refractivity contribution in [1.82, 2.24) is 5.32 Å². The molecule has 27 heavy (non-hydrogen) atoms. The molecular weight excluding hydrogens is 340 g/mol. The second kappa shape index (κ2) is 7.37. The molecule has 2 amide bonds. The first-order chi connectivity index (χ1) is 13.2. The molecule has 3 aromatic carbocycles. The summed E-state index contributed by atoms with van der Waals surface area (Å²) >= 11 is 0. The van der Waals surface area contributed by atoms with Gasteiger partial charge in [-0.2, -0.15) is 0 Å². The number of anilines is 2. The number of nitrogens with one attached hydrogen (secondary N) is 2. The van der Waals surface area contributed by atoms with Gasteiger partial charge in [0.05, 0.1) is 19.3 Å². The second-order valence-electron chi connectivity index (χ2n) is 6.16. The maximum atomic E-state index is 12.5.